The van der Waals surface area contributed by atoms with Crippen molar-refractivity contribution in [3.8, 4) is 33.9 Å². The van der Waals surface area contributed by atoms with Crippen molar-refractivity contribution in [1.29, 1.82) is 0 Å². The molecule has 0 spiro atoms. The molecule has 1 fully saturated rings. The van der Waals surface area contributed by atoms with Crippen LogP contribution in [0.1, 0.15) is 36.6 Å². The minimum Gasteiger partial charge on any atom is -0.475 e. The molecule has 50 heavy (non-hydrogen) atoms. The first kappa shape index (κ1) is 36.1. The maximum Gasteiger partial charge on any atom is 0.490 e. The van der Waals surface area contributed by atoms with Crippen LogP contribution in [-0.2, 0) is 11.3 Å². The first-order chi connectivity index (χ1) is 24.1. The van der Waals surface area contributed by atoms with Crippen LogP contribution in [-0.4, -0.2) is 97.5 Å². The molecule has 0 radical (unpaired) electrons. The van der Waals surface area contributed by atoms with Crippen LogP contribution in [0.3, 0.4) is 0 Å². The zero-order valence-corrected chi connectivity index (χ0v) is 27.9. The minimum atomic E-state index is -5.08. The van der Waals surface area contributed by atoms with Crippen LogP contribution in [0, 0.1) is 0 Å². The molecule has 2 aromatic carbocycles. The molecule has 262 valence electrons. The predicted molar refractivity (Wildman–Crippen MR) is 185 cm³/mol. The molecular weight excluding hydrogens is 647 g/mol. The summed E-state index contributed by atoms with van der Waals surface area (Å²) in [5.74, 6) is -0.0602. The average molecular weight is 688 g/mol. The molecule has 0 unspecified atom stereocenters. The van der Waals surface area contributed by atoms with Gasteiger partial charge >= 0.3 is 12.1 Å². The zero-order valence-electron chi connectivity index (χ0n) is 27.9. The number of anilines is 1. The number of halogens is 3. The number of H-pyrrole nitrogens is 1. The Kier molecular flexibility index (Phi) is 12.2. The smallest absolute Gasteiger partial charge is 0.475 e. The summed E-state index contributed by atoms with van der Waals surface area (Å²) in [5.41, 5.74) is 6.29. The highest BCUT2D eigenvalue weighted by atomic mass is 19.4. The van der Waals surface area contributed by atoms with E-state index in [1.54, 1.807) is 6.20 Å². The fourth-order valence-electron chi connectivity index (χ4n) is 5.57. The van der Waals surface area contributed by atoms with Crippen LogP contribution >= 0.6 is 0 Å². The molecule has 3 N–H and O–H groups in total. The summed E-state index contributed by atoms with van der Waals surface area (Å²) in [6.07, 6.45) is 1.77. The molecule has 0 atom stereocenters. The summed E-state index contributed by atoms with van der Waals surface area (Å²) in [5, 5.41) is 18.1. The van der Waals surface area contributed by atoms with Gasteiger partial charge in [-0.05, 0) is 76.3 Å². The second-order valence-corrected chi connectivity index (χ2v) is 12.2. The van der Waals surface area contributed by atoms with Gasteiger partial charge < -0.3 is 15.3 Å². The zero-order chi connectivity index (χ0) is 35.5. The Hall–Kier alpha value is -5.21. The molecule has 0 amide bonds. The summed E-state index contributed by atoms with van der Waals surface area (Å²) in [4.78, 5) is 32.3. The molecule has 6 rings (SSSR count). The molecule has 1 aliphatic heterocycles. The number of aliphatic carboxylic acids is 1. The minimum absolute atomic E-state index is 0.392. The first-order valence-corrected chi connectivity index (χ1v) is 16.3. The first-order valence-electron chi connectivity index (χ1n) is 16.3. The number of benzene rings is 2. The number of aromatic nitrogens is 6. The highest BCUT2D eigenvalue weighted by Gasteiger charge is 2.38. The highest BCUT2D eigenvalue weighted by molar-refractivity contribution is 5.80. The predicted octanol–water partition coefficient (Wildman–Crippen LogP) is 6.37. The molecule has 3 aromatic heterocycles. The molecule has 0 aliphatic carbocycles. The van der Waals surface area contributed by atoms with Gasteiger partial charge in [0.25, 0.3) is 0 Å². The third-order valence-corrected chi connectivity index (χ3v) is 8.19. The van der Waals surface area contributed by atoms with E-state index < -0.39 is 12.1 Å². The summed E-state index contributed by atoms with van der Waals surface area (Å²) in [7, 11) is 4.18. The number of alkyl halides is 3. The Labute approximate surface area is 288 Å². The van der Waals surface area contributed by atoms with Gasteiger partial charge in [-0.1, -0.05) is 60.7 Å². The van der Waals surface area contributed by atoms with E-state index in [1.165, 1.54) is 5.56 Å². The fourth-order valence-corrected chi connectivity index (χ4v) is 5.57. The maximum absolute atomic E-state index is 10.6. The van der Waals surface area contributed by atoms with Crippen LogP contribution < -0.4 is 5.32 Å². The number of pyridine rings is 1. The van der Waals surface area contributed by atoms with Gasteiger partial charge in [0.15, 0.2) is 5.82 Å². The molecule has 0 bridgehead atoms. The van der Waals surface area contributed by atoms with Gasteiger partial charge in [-0.15, -0.1) is 0 Å². The molecule has 11 nitrogen and oxygen atoms in total. The summed E-state index contributed by atoms with van der Waals surface area (Å²) < 4.78 is 31.7. The number of nitrogens with one attached hydrogen (secondary N) is 2. The van der Waals surface area contributed by atoms with E-state index in [0.29, 0.717) is 17.7 Å². The van der Waals surface area contributed by atoms with Crippen molar-refractivity contribution >= 4 is 11.9 Å². The Bertz CT molecular complexity index is 1790. The summed E-state index contributed by atoms with van der Waals surface area (Å²) in [6.45, 7) is 4.84. The van der Waals surface area contributed by atoms with Crippen LogP contribution in [0.4, 0.5) is 19.1 Å². The lowest BCUT2D eigenvalue weighted by Crippen LogP contribution is -2.32. The van der Waals surface area contributed by atoms with Crippen LogP contribution in [0.15, 0.2) is 85.2 Å². The lowest BCUT2D eigenvalue weighted by atomic mass is 9.95. The standard InChI is InChI=1S/C34H39N9.C2HF3O2/c1-42(2)20-8-19-36-34-37-23-29(26-9-4-3-5-10-26)31(38-34)27-14-12-25(13-15-27)24-43-21-16-28(17-22-43)32-39-33(41-40-32)30-11-6-7-18-35-30;3-2(4,5)1(6)7/h3-7,9-15,18,23,28H,8,16-17,19-22,24H2,1-2H3,(H,36,37,38)(H,39,40,41);(H,6,7). The van der Waals surface area contributed by atoms with Crippen molar-refractivity contribution in [2.24, 2.45) is 0 Å². The Morgan fingerprint density at radius 3 is 2.30 bits per heavy atom. The van der Waals surface area contributed by atoms with E-state index in [9.17, 15) is 13.2 Å². The number of piperidine rings is 1. The van der Waals surface area contributed by atoms with Crippen molar-refractivity contribution in [1.82, 2.24) is 39.9 Å². The lowest BCUT2D eigenvalue weighted by Gasteiger charge is -2.31. The number of carboxylic acid groups (broad SMARTS) is 1. The SMILES string of the molecule is CN(C)CCCNc1ncc(-c2ccccc2)c(-c2ccc(CN3CCC(c4nc(-c5ccccn5)n[nH]4)CC3)cc2)n1.O=C(O)C(F)(F)F. The Morgan fingerprint density at radius 2 is 1.66 bits per heavy atom. The highest BCUT2D eigenvalue weighted by Crippen LogP contribution is 2.32. The van der Waals surface area contributed by atoms with Gasteiger partial charge in [-0.3, -0.25) is 15.0 Å². The van der Waals surface area contributed by atoms with Gasteiger partial charge in [0.1, 0.15) is 11.5 Å². The molecule has 0 saturated carbocycles. The molecule has 4 heterocycles. The number of carboxylic acids is 1. The van der Waals surface area contributed by atoms with E-state index in [1.807, 2.05) is 30.5 Å². The number of hydrogen-bond donors (Lipinski definition) is 3. The van der Waals surface area contributed by atoms with Gasteiger partial charge in [-0.2, -0.15) is 18.3 Å². The van der Waals surface area contributed by atoms with E-state index in [0.717, 1.165) is 85.9 Å². The second kappa shape index (κ2) is 16.9. The van der Waals surface area contributed by atoms with Crippen LogP contribution in [0.25, 0.3) is 33.9 Å². The normalized spacial score (nSPS) is 13.9. The lowest BCUT2D eigenvalue weighted by molar-refractivity contribution is -0.192. The number of aromatic amines is 1. The third-order valence-electron chi connectivity index (χ3n) is 8.19. The van der Waals surface area contributed by atoms with E-state index >= 15 is 0 Å². The monoisotopic (exact) mass is 687 g/mol. The number of carbonyl (C=O) groups is 1. The van der Waals surface area contributed by atoms with Gasteiger partial charge in [0, 0.05) is 42.5 Å². The fraction of sp³-hybridized carbons (Fsp3) is 0.333. The van der Waals surface area contributed by atoms with E-state index in [2.05, 4.69) is 97.9 Å². The van der Waals surface area contributed by atoms with Gasteiger partial charge in [0.05, 0.1) is 5.69 Å². The Morgan fingerprint density at radius 1 is 0.960 bits per heavy atom. The largest absolute Gasteiger partial charge is 0.490 e. The van der Waals surface area contributed by atoms with Crippen molar-refractivity contribution < 1.29 is 23.1 Å². The molecule has 1 saturated heterocycles. The maximum atomic E-state index is 10.6. The summed E-state index contributed by atoms with van der Waals surface area (Å²) in [6, 6.07) is 25.0. The quantitative estimate of drug-likeness (QED) is 0.135. The van der Waals surface area contributed by atoms with Crippen LogP contribution in [0.2, 0.25) is 0 Å². The van der Waals surface area contributed by atoms with Crippen molar-refractivity contribution in [2.75, 3.05) is 45.6 Å². The second-order valence-electron chi connectivity index (χ2n) is 12.2. The molecular formula is C36H40F3N9O2. The van der Waals surface area contributed by atoms with Gasteiger partial charge in [0.2, 0.25) is 5.95 Å². The topological polar surface area (TPSA) is 136 Å². The third kappa shape index (κ3) is 10.2. The van der Waals surface area contributed by atoms with E-state index in [4.69, 9.17) is 19.9 Å². The molecule has 5 aromatic rings. The number of rotatable bonds is 11. The van der Waals surface area contributed by atoms with Crippen molar-refractivity contribution in [3.05, 3.63) is 96.6 Å². The number of likely N-dealkylation sites (tertiary alicyclic amines) is 1. The van der Waals surface area contributed by atoms with E-state index in [-0.39, 0.29) is 0 Å². The molecule has 14 heteroatoms. The van der Waals surface area contributed by atoms with Crippen molar-refractivity contribution in [3.63, 3.8) is 0 Å². The van der Waals surface area contributed by atoms with Gasteiger partial charge in [-0.25, -0.2) is 19.7 Å². The number of nitrogens with zero attached hydrogens (tertiary/aromatic N) is 7. The van der Waals surface area contributed by atoms with Crippen molar-refractivity contribution in [2.45, 2.75) is 37.9 Å². The summed E-state index contributed by atoms with van der Waals surface area (Å²) >= 11 is 0. The molecule has 1 aliphatic rings. The Balaban J connectivity index is 0.000000630. The van der Waals surface area contributed by atoms with Crippen LogP contribution in [0.5, 0.6) is 0 Å². The number of hydrogen-bond acceptors (Lipinski definition) is 9. The average Bonchev–Trinajstić information content (AvgIpc) is 3.62.